The van der Waals surface area contributed by atoms with Crippen molar-refractivity contribution in [2.75, 3.05) is 0 Å². The second-order valence-electron chi connectivity index (χ2n) is 2.01. The van der Waals surface area contributed by atoms with E-state index in [-0.39, 0.29) is 26.9 Å². The molecule has 3 nitrogen and oxygen atoms in total. The number of rotatable bonds is 1. The Labute approximate surface area is 83.7 Å². The molecular weight excluding hydrogens is 222 g/mol. The number of Topliss-reactive ketones (excluding diaryl/α,β-unsaturated/α-hetero) is 1. The molecule has 1 heterocycles. The lowest BCUT2D eigenvalue weighted by molar-refractivity contribution is 0.101. The number of ketones is 1. The Balaban J connectivity index is 3.38. The van der Waals surface area contributed by atoms with E-state index in [1.807, 2.05) is 0 Å². The summed E-state index contributed by atoms with van der Waals surface area (Å²) in [6.07, 6.45) is 0. The fraction of sp³-hybridized carbons (Fsp3) is 0.167. The average Bonchev–Trinajstić information content (AvgIpc) is 1.82. The summed E-state index contributed by atoms with van der Waals surface area (Å²) in [5, 5.41) is -0.116. The van der Waals surface area contributed by atoms with Crippen molar-refractivity contribution in [1.82, 2.24) is 9.97 Å². The van der Waals surface area contributed by atoms with Crippen LogP contribution in [0.2, 0.25) is 15.6 Å². The van der Waals surface area contributed by atoms with Crippen LogP contribution in [0, 0.1) is 0 Å². The van der Waals surface area contributed by atoms with Crippen LogP contribution in [-0.2, 0) is 0 Å². The molecule has 0 spiro atoms. The quantitative estimate of drug-likeness (QED) is 0.419. The number of hydrogen-bond acceptors (Lipinski definition) is 3. The summed E-state index contributed by atoms with van der Waals surface area (Å²) in [6.45, 7) is 1.32. The summed E-state index contributed by atoms with van der Waals surface area (Å²) in [5.74, 6) is -0.290. The van der Waals surface area contributed by atoms with Gasteiger partial charge in [-0.05, 0) is 18.5 Å². The molecule has 64 valence electrons. The number of halogens is 3. The van der Waals surface area contributed by atoms with E-state index in [1.54, 1.807) is 0 Å². The number of nitrogens with zero attached hydrogens (tertiary/aromatic N) is 2. The molecule has 0 aromatic carbocycles. The molecule has 0 unspecified atom stereocenters. The number of carbonyl (C=O) groups is 1. The van der Waals surface area contributed by atoms with Crippen molar-refractivity contribution in [2.45, 2.75) is 6.92 Å². The highest BCUT2D eigenvalue weighted by molar-refractivity contribution is 6.39. The van der Waals surface area contributed by atoms with Gasteiger partial charge in [-0.25, -0.2) is 9.97 Å². The molecular formula is C6H3Cl3N2O. The summed E-state index contributed by atoms with van der Waals surface area (Å²) < 4.78 is 0. The molecule has 0 amide bonds. The summed E-state index contributed by atoms with van der Waals surface area (Å²) >= 11 is 16.6. The Morgan fingerprint density at radius 1 is 1.17 bits per heavy atom. The second-order valence-corrected chi connectivity index (χ2v) is 3.06. The van der Waals surface area contributed by atoms with Crippen LogP contribution < -0.4 is 0 Å². The van der Waals surface area contributed by atoms with E-state index in [9.17, 15) is 4.79 Å². The summed E-state index contributed by atoms with van der Waals surface area (Å²) in [4.78, 5) is 18.0. The Kier molecular flexibility index (Phi) is 2.88. The van der Waals surface area contributed by atoms with Gasteiger partial charge in [-0.3, -0.25) is 4.79 Å². The van der Waals surface area contributed by atoms with Crippen LogP contribution in [0.5, 0.6) is 0 Å². The van der Waals surface area contributed by atoms with Crippen LogP contribution in [0.3, 0.4) is 0 Å². The highest BCUT2D eigenvalue weighted by Gasteiger charge is 2.14. The summed E-state index contributed by atoms with van der Waals surface area (Å²) in [7, 11) is 0. The van der Waals surface area contributed by atoms with Gasteiger partial charge >= 0.3 is 0 Å². The van der Waals surface area contributed by atoms with Crippen molar-refractivity contribution >= 4 is 40.6 Å². The van der Waals surface area contributed by atoms with Crippen molar-refractivity contribution in [3.8, 4) is 0 Å². The molecule has 12 heavy (non-hydrogen) atoms. The third-order valence-corrected chi connectivity index (χ3v) is 1.86. The molecule has 0 bridgehead atoms. The predicted octanol–water partition coefficient (Wildman–Crippen LogP) is 2.64. The maximum Gasteiger partial charge on any atom is 0.225 e. The van der Waals surface area contributed by atoms with Crippen molar-refractivity contribution in [3.63, 3.8) is 0 Å². The monoisotopic (exact) mass is 224 g/mol. The fourth-order valence-electron chi connectivity index (χ4n) is 0.674. The molecule has 1 aromatic rings. The summed E-state index contributed by atoms with van der Waals surface area (Å²) in [6, 6.07) is 0. The number of carbonyl (C=O) groups excluding carboxylic acids is 1. The van der Waals surface area contributed by atoms with E-state index >= 15 is 0 Å². The first-order valence-corrected chi connectivity index (χ1v) is 4.05. The minimum atomic E-state index is -0.290. The minimum absolute atomic E-state index is 0.0208. The number of hydrogen-bond donors (Lipinski definition) is 0. The zero-order chi connectivity index (χ0) is 9.30. The maximum absolute atomic E-state index is 10.9. The lowest BCUT2D eigenvalue weighted by atomic mass is 10.2. The smallest absolute Gasteiger partial charge is 0.225 e. The van der Waals surface area contributed by atoms with E-state index < -0.39 is 0 Å². The van der Waals surface area contributed by atoms with Gasteiger partial charge in [-0.15, -0.1) is 0 Å². The van der Waals surface area contributed by atoms with Crippen LogP contribution in [0.15, 0.2) is 0 Å². The lowest BCUT2D eigenvalue weighted by Crippen LogP contribution is -1.99. The van der Waals surface area contributed by atoms with Crippen LogP contribution in [0.25, 0.3) is 0 Å². The molecule has 0 aliphatic heterocycles. The molecule has 0 N–H and O–H groups in total. The van der Waals surface area contributed by atoms with Crippen LogP contribution in [0.4, 0.5) is 0 Å². The topological polar surface area (TPSA) is 42.9 Å². The van der Waals surface area contributed by atoms with Crippen LogP contribution >= 0.6 is 34.8 Å². The molecule has 0 saturated heterocycles. The van der Waals surface area contributed by atoms with Gasteiger partial charge in [0.15, 0.2) is 5.78 Å². The molecule has 1 aromatic heterocycles. The molecule has 0 atom stereocenters. The van der Waals surface area contributed by atoms with Gasteiger partial charge < -0.3 is 0 Å². The average molecular weight is 225 g/mol. The minimum Gasteiger partial charge on any atom is -0.294 e. The zero-order valence-corrected chi connectivity index (χ0v) is 8.20. The summed E-state index contributed by atoms with van der Waals surface area (Å²) in [5.41, 5.74) is 0.0998. The normalized spacial score (nSPS) is 10.0. The fourth-order valence-corrected chi connectivity index (χ4v) is 1.58. The number of aromatic nitrogens is 2. The van der Waals surface area contributed by atoms with Crippen LogP contribution in [0.1, 0.15) is 17.3 Å². The molecule has 0 aliphatic carbocycles. The second kappa shape index (κ2) is 3.56. The predicted molar refractivity (Wildman–Crippen MR) is 47.1 cm³/mol. The Bertz CT molecular complexity index is 317. The molecule has 0 aliphatic rings. The Morgan fingerprint density at radius 3 is 1.92 bits per heavy atom. The first kappa shape index (κ1) is 9.71. The zero-order valence-electron chi connectivity index (χ0n) is 5.94. The first-order chi connectivity index (χ1) is 5.52. The lowest BCUT2D eigenvalue weighted by Gasteiger charge is -2.00. The highest BCUT2D eigenvalue weighted by atomic mass is 35.5. The van der Waals surface area contributed by atoms with Gasteiger partial charge in [-0.1, -0.05) is 23.2 Å². The third-order valence-electron chi connectivity index (χ3n) is 1.15. The van der Waals surface area contributed by atoms with E-state index in [0.717, 1.165) is 0 Å². The van der Waals surface area contributed by atoms with Crippen LogP contribution in [-0.4, -0.2) is 15.8 Å². The van der Waals surface area contributed by atoms with Crippen molar-refractivity contribution < 1.29 is 4.79 Å². The van der Waals surface area contributed by atoms with E-state index in [4.69, 9.17) is 34.8 Å². The van der Waals surface area contributed by atoms with Gasteiger partial charge in [-0.2, -0.15) is 0 Å². The molecule has 0 radical (unpaired) electrons. The van der Waals surface area contributed by atoms with E-state index in [2.05, 4.69) is 9.97 Å². The van der Waals surface area contributed by atoms with Gasteiger partial charge in [0.1, 0.15) is 10.3 Å². The van der Waals surface area contributed by atoms with Crippen molar-refractivity contribution in [3.05, 3.63) is 21.2 Å². The van der Waals surface area contributed by atoms with Gasteiger partial charge in [0.25, 0.3) is 0 Å². The largest absolute Gasteiger partial charge is 0.294 e. The highest BCUT2D eigenvalue weighted by Crippen LogP contribution is 2.22. The maximum atomic E-state index is 10.9. The van der Waals surface area contributed by atoms with Crippen molar-refractivity contribution in [1.29, 1.82) is 0 Å². The van der Waals surface area contributed by atoms with Gasteiger partial charge in [0.05, 0.1) is 5.56 Å². The molecule has 0 fully saturated rings. The van der Waals surface area contributed by atoms with Gasteiger partial charge in [0.2, 0.25) is 5.28 Å². The molecule has 0 saturated carbocycles. The SMILES string of the molecule is CC(=O)c1c(Cl)nc(Cl)nc1Cl. The van der Waals surface area contributed by atoms with E-state index in [0.29, 0.717) is 0 Å². The molecule has 1 rings (SSSR count). The van der Waals surface area contributed by atoms with Crippen molar-refractivity contribution in [2.24, 2.45) is 0 Å². The Hall–Kier alpha value is -0.380. The standard InChI is InChI=1S/C6H3Cl3N2O/c1-2(12)3-4(7)10-6(9)11-5(3)8/h1H3. The van der Waals surface area contributed by atoms with E-state index in [1.165, 1.54) is 6.92 Å². The third kappa shape index (κ3) is 1.86. The van der Waals surface area contributed by atoms with Gasteiger partial charge in [0, 0.05) is 0 Å². The first-order valence-electron chi connectivity index (χ1n) is 2.92. The molecule has 6 heteroatoms. The Morgan fingerprint density at radius 2 is 1.58 bits per heavy atom.